The smallest absolute Gasteiger partial charge is 0.151 e. The van der Waals surface area contributed by atoms with Crippen LogP contribution in [-0.4, -0.2) is 4.98 Å². The molecular weight excluding hydrogens is 234 g/mol. The first-order chi connectivity index (χ1) is 5.04. The number of nitrogens with zero attached hydrogens (tertiary/aromatic N) is 1. The normalized spacial score (nSPS) is 10.2. The van der Waals surface area contributed by atoms with Gasteiger partial charge in [-0.3, -0.25) is 0 Å². The van der Waals surface area contributed by atoms with Crippen molar-refractivity contribution < 1.29 is 0 Å². The molecule has 0 fully saturated rings. The molecule has 60 valence electrons. The summed E-state index contributed by atoms with van der Waals surface area (Å²) in [4.78, 5) is 3.62. The Morgan fingerprint density at radius 1 is 1.09 bits per heavy atom. The van der Waals surface area contributed by atoms with Crippen molar-refractivity contribution in [2.45, 2.75) is 0 Å². The molecule has 0 aliphatic heterocycles. The van der Waals surface area contributed by atoms with Crippen molar-refractivity contribution in [3.63, 3.8) is 0 Å². The topological polar surface area (TPSA) is 38.9 Å². The molecule has 1 aromatic heterocycles. The van der Waals surface area contributed by atoms with Gasteiger partial charge in [0, 0.05) is 0 Å². The second-order valence-corrected chi connectivity index (χ2v) is 3.21. The lowest BCUT2D eigenvalue weighted by Crippen LogP contribution is -1.91. The minimum absolute atomic E-state index is 0.0542. The highest BCUT2D eigenvalue weighted by molar-refractivity contribution is 6.48. The van der Waals surface area contributed by atoms with Gasteiger partial charge in [-0.2, -0.15) is 0 Å². The molecule has 0 spiro atoms. The zero-order valence-corrected chi connectivity index (χ0v) is 8.06. The number of nitrogens with two attached hydrogens (primary N) is 1. The highest BCUT2D eigenvalue weighted by atomic mass is 35.5. The lowest BCUT2D eigenvalue weighted by Gasteiger charge is -2.02. The summed E-state index contributed by atoms with van der Waals surface area (Å²) in [5.41, 5.74) is 5.56. The molecule has 0 radical (unpaired) electrons. The Hall–Kier alpha value is 0.110. The molecular formula is C5H2Cl4N2. The average molecular weight is 236 g/mol. The largest absolute Gasteiger partial charge is 0.396 e. The molecule has 0 atom stereocenters. The lowest BCUT2D eigenvalue weighted by atomic mass is 10.6. The molecule has 0 bridgehead atoms. The molecule has 0 saturated carbocycles. The van der Waals surface area contributed by atoms with Gasteiger partial charge in [0.25, 0.3) is 0 Å². The quantitative estimate of drug-likeness (QED) is 0.701. The Morgan fingerprint density at radius 2 is 1.45 bits per heavy atom. The molecule has 1 heterocycles. The zero-order chi connectivity index (χ0) is 8.59. The number of aromatic nitrogens is 1. The molecule has 0 aliphatic rings. The van der Waals surface area contributed by atoms with Gasteiger partial charge in [-0.05, 0) is 0 Å². The van der Waals surface area contributed by atoms with Crippen LogP contribution in [0.2, 0.25) is 20.4 Å². The Morgan fingerprint density at radius 3 is 1.82 bits per heavy atom. The second kappa shape index (κ2) is 3.23. The summed E-state index contributed by atoms with van der Waals surface area (Å²) in [6, 6.07) is 0. The van der Waals surface area contributed by atoms with E-state index in [2.05, 4.69) is 4.98 Å². The van der Waals surface area contributed by atoms with Crippen LogP contribution in [0.1, 0.15) is 0 Å². The van der Waals surface area contributed by atoms with Crippen LogP contribution in [0, 0.1) is 0 Å². The van der Waals surface area contributed by atoms with Crippen molar-refractivity contribution in [2.24, 2.45) is 0 Å². The number of hydrogen-bond donors (Lipinski definition) is 1. The van der Waals surface area contributed by atoms with E-state index in [1.54, 1.807) is 0 Å². The summed E-state index contributed by atoms with van der Waals surface area (Å²) in [6.07, 6.45) is 0. The third-order valence-corrected chi connectivity index (χ3v) is 2.54. The predicted octanol–water partition coefficient (Wildman–Crippen LogP) is 3.28. The van der Waals surface area contributed by atoms with Crippen LogP contribution in [0.4, 0.5) is 5.69 Å². The van der Waals surface area contributed by atoms with Crippen LogP contribution in [0.5, 0.6) is 0 Å². The first kappa shape index (κ1) is 9.20. The summed E-state index contributed by atoms with van der Waals surface area (Å²) < 4.78 is 0. The van der Waals surface area contributed by atoms with Gasteiger partial charge >= 0.3 is 0 Å². The fourth-order valence-corrected chi connectivity index (χ4v) is 1.24. The molecule has 1 aromatic rings. The van der Waals surface area contributed by atoms with E-state index in [1.807, 2.05) is 0 Å². The van der Waals surface area contributed by atoms with Crippen LogP contribution in [-0.2, 0) is 0 Å². The van der Waals surface area contributed by atoms with E-state index in [4.69, 9.17) is 52.1 Å². The first-order valence-corrected chi connectivity index (χ1v) is 4.00. The van der Waals surface area contributed by atoms with E-state index in [9.17, 15) is 0 Å². The lowest BCUT2D eigenvalue weighted by molar-refractivity contribution is 1.33. The maximum absolute atomic E-state index is 5.59. The van der Waals surface area contributed by atoms with Crippen molar-refractivity contribution in [1.82, 2.24) is 4.98 Å². The second-order valence-electron chi connectivity index (χ2n) is 1.74. The highest BCUT2D eigenvalue weighted by Crippen LogP contribution is 2.36. The third-order valence-electron chi connectivity index (χ3n) is 1.03. The number of hydrogen-bond acceptors (Lipinski definition) is 2. The van der Waals surface area contributed by atoms with E-state index in [0.29, 0.717) is 0 Å². The third kappa shape index (κ3) is 1.64. The molecule has 0 aliphatic carbocycles. The molecule has 0 saturated heterocycles. The molecule has 6 heteroatoms. The van der Waals surface area contributed by atoms with Gasteiger partial charge in [0.05, 0.1) is 5.69 Å². The minimum atomic E-state index is 0.0542. The molecule has 0 unspecified atom stereocenters. The van der Waals surface area contributed by atoms with Crippen LogP contribution >= 0.6 is 46.4 Å². The van der Waals surface area contributed by atoms with E-state index in [-0.39, 0.29) is 26.0 Å². The monoisotopic (exact) mass is 234 g/mol. The molecule has 1 rings (SSSR count). The Balaban J connectivity index is 3.46. The van der Waals surface area contributed by atoms with Crippen molar-refractivity contribution in [3.05, 3.63) is 20.4 Å². The fraction of sp³-hybridized carbons (Fsp3) is 0. The number of nitrogen functional groups attached to an aromatic ring is 1. The van der Waals surface area contributed by atoms with Crippen LogP contribution in [0.15, 0.2) is 0 Å². The van der Waals surface area contributed by atoms with Crippen molar-refractivity contribution in [2.75, 3.05) is 5.73 Å². The molecule has 0 amide bonds. The van der Waals surface area contributed by atoms with Gasteiger partial charge in [0.1, 0.15) is 10.0 Å². The Labute approximate surface area is 83.2 Å². The summed E-state index contributed by atoms with van der Waals surface area (Å²) >= 11 is 22.2. The fourth-order valence-electron chi connectivity index (χ4n) is 0.503. The Bertz CT molecular complexity index is 273. The molecule has 11 heavy (non-hydrogen) atoms. The van der Waals surface area contributed by atoms with E-state index in [0.717, 1.165) is 0 Å². The van der Waals surface area contributed by atoms with Crippen LogP contribution < -0.4 is 5.73 Å². The van der Waals surface area contributed by atoms with Gasteiger partial charge in [0.15, 0.2) is 10.3 Å². The van der Waals surface area contributed by atoms with Gasteiger partial charge in [-0.15, -0.1) is 0 Å². The summed E-state index contributed by atoms with van der Waals surface area (Å²) in [6.45, 7) is 0. The number of rotatable bonds is 0. The standard InChI is InChI=1S/C5H2Cl4N2/c6-1-3(10)2(7)5(9)11-4(1)8/h(H2,10,11)/i4+2,5+2. The molecule has 2 N–H and O–H groups in total. The van der Waals surface area contributed by atoms with Gasteiger partial charge in [0.2, 0.25) is 0 Å². The number of pyridine rings is 1. The van der Waals surface area contributed by atoms with Crippen LogP contribution in [0.25, 0.3) is 0 Å². The average Bonchev–Trinajstić information content (AvgIpc) is 1.97. The van der Waals surface area contributed by atoms with E-state index in [1.165, 1.54) is 0 Å². The van der Waals surface area contributed by atoms with Gasteiger partial charge in [-0.25, -0.2) is 4.98 Å². The minimum Gasteiger partial charge on any atom is -0.396 e. The molecule has 0 aromatic carbocycles. The van der Waals surface area contributed by atoms with Crippen molar-refractivity contribution >= 4 is 52.1 Å². The maximum atomic E-state index is 5.59. The van der Waals surface area contributed by atoms with Gasteiger partial charge in [-0.1, -0.05) is 46.4 Å². The molecule has 2 nitrogen and oxygen atoms in total. The maximum Gasteiger partial charge on any atom is 0.151 e. The summed E-state index contributed by atoms with van der Waals surface area (Å²) in [5.74, 6) is 0. The summed E-state index contributed by atoms with van der Waals surface area (Å²) in [7, 11) is 0. The number of halogens is 4. The highest BCUT2D eigenvalue weighted by Gasteiger charge is 2.11. The van der Waals surface area contributed by atoms with E-state index >= 15 is 0 Å². The summed E-state index contributed by atoms with van der Waals surface area (Å²) in [5, 5.41) is 0.360. The number of anilines is 1. The van der Waals surface area contributed by atoms with Crippen molar-refractivity contribution in [3.8, 4) is 0 Å². The van der Waals surface area contributed by atoms with E-state index < -0.39 is 0 Å². The van der Waals surface area contributed by atoms with Crippen LogP contribution in [0.3, 0.4) is 0 Å². The Kier molecular flexibility index (Phi) is 2.70. The van der Waals surface area contributed by atoms with Crippen molar-refractivity contribution in [1.29, 1.82) is 0 Å². The first-order valence-electron chi connectivity index (χ1n) is 2.49. The SMILES string of the molecule is Nc1c(Cl)[14c](Cl)n[14c](Cl)c1Cl. The predicted molar refractivity (Wildman–Crippen MR) is 48.7 cm³/mol. The van der Waals surface area contributed by atoms with Gasteiger partial charge < -0.3 is 5.73 Å². The zero-order valence-electron chi connectivity index (χ0n) is 5.04.